The molecule has 2 N–H and O–H groups in total. The summed E-state index contributed by atoms with van der Waals surface area (Å²) in [6.07, 6.45) is 4.95. The van der Waals surface area contributed by atoms with E-state index >= 15 is 0 Å². The molecule has 1 amide bonds. The molecule has 28 heavy (non-hydrogen) atoms. The van der Waals surface area contributed by atoms with Crippen LogP contribution in [0.1, 0.15) is 50.6 Å². The molecule has 1 aliphatic heterocycles. The Hall–Kier alpha value is -1.51. The Balaban J connectivity index is 0.00000280. The van der Waals surface area contributed by atoms with Crippen LogP contribution in [0.5, 0.6) is 5.75 Å². The molecule has 0 bridgehead atoms. The third-order valence-corrected chi connectivity index (χ3v) is 5.57. The smallest absolute Gasteiger partial charge is 0.230 e. The number of amides is 1. The summed E-state index contributed by atoms with van der Waals surface area (Å²) in [6, 6.07) is 8.31. The number of carbonyl (C=O) groups is 1. The average molecular weight is 500 g/mol. The normalized spacial score (nSPS) is 20.4. The molecule has 3 rings (SSSR count). The molecule has 2 aliphatic rings. The highest BCUT2D eigenvalue weighted by atomic mass is 127. The van der Waals surface area contributed by atoms with Gasteiger partial charge in [-0.3, -0.25) is 9.79 Å². The second-order valence-corrected chi connectivity index (χ2v) is 7.75. The van der Waals surface area contributed by atoms with Crippen molar-refractivity contribution >= 4 is 35.8 Å². The summed E-state index contributed by atoms with van der Waals surface area (Å²) < 4.78 is 5.76. The lowest BCUT2D eigenvalue weighted by molar-refractivity contribution is -0.138. The van der Waals surface area contributed by atoms with Gasteiger partial charge in [0, 0.05) is 32.6 Å². The number of guanidine groups is 1. The minimum atomic E-state index is -0.348. The zero-order valence-electron chi connectivity index (χ0n) is 17.2. The number of carbonyl (C=O) groups excluding carboxylic acids is 1. The molecule has 1 unspecified atom stereocenters. The molecule has 0 radical (unpaired) electrons. The summed E-state index contributed by atoms with van der Waals surface area (Å²) in [7, 11) is 3.68. The fourth-order valence-electron chi connectivity index (χ4n) is 4.17. The molecule has 0 spiro atoms. The van der Waals surface area contributed by atoms with Crippen molar-refractivity contribution in [1.82, 2.24) is 15.5 Å². The van der Waals surface area contributed by atoms with Crippen molar-refractivity contribution in [3.05, 3.63) is 29.8 Å². The van der Waals surface area contributed by atoms with Gasteiger partial charge in [0.1, 0.15) is 5.75 Å². The van der Waals surface area contributed by atoms with E-state index in [1.165, 1.54) is 0 Å². The Kier molecular flexibility index (Phi) is 8.39. The van der Waals surface area contributed by atoms with E-state index < -0.39 is 0 Å². The SMILES string of the molecule is CCNC(=NCC1(C(=O)N(C)C)CCCC1)NC1CCOc2ccccc21.I. The predicted octanol–water partition coefficient (Wildman–Crippen LogP) is 3.33. The highest BCUT2D eigenvalue weighted by Gasteiger charge is 2.42. The standard InChI is InChI=1S/C21H32N4O2.HI/c1-4-22-20(23-15-21(12-7-8-13-21)19(26)25(2)3)24-17-11-14-27-18-10-6-5-9-16(17)18;/h5-6,9-10,17H,4,7-8,11-15H2,1-3H3,(H2,22,23,24);1H. The van der Waals surface area contributed by atoms with E-state index in [9.17, 15) is 4.79 Å². The molecule has 1 aliphatic carbocycles. The van der Waals surface area contributed by atoms with Crippen molar-refractivity contribution in [3.8, 4) is 5.75 Å². The maximum Gasteiger partial charge on any atom is 0.230 e. The Bertz CT molecular complexity index is 687. The molecule has 6 nitrogen and oxygen atoms in total. The van der Waals surface area contributed by atoms with Crippen LogP contribution in [0.25, 0.3) is 0 Å². The van der Waals surface area contributed by atoms with E-state index in [0.29, 0.717) is 13.2 Å². The van der Waals surface area contributed by atoms with Crippen molar-refractivity contribution in [1.29, 1.82) is 0 Å². The summed E-state index contributed by atoms with van der Waals surface area (Å²) in [5.41, 5.74) is 0.814. The number of rotatable bonds is 5. The van der Waals surface area contributed by atoms with E-state index in [1.54, 1.807) is 4.90 Å². The van der Waals surface area contributed by atoms with Crippen molar-refractivity contribution in [2.45, 2.75) is 45.1 Å². The topological polar surface area (TPSA) is 66.0 Å². The zero-order valence-corrected chi connectivity index (χ0v) is 19.5. The molecular weight excluding hydrogens is 467 g/mol. The third-order valence-electron chi connectivity index (χ3n) is 5.57. The van der Waals surface area contributed by atoms with E-state index in [0.717, 1.165) is 55.9 Å². The third kappa shape index (κ3) is 5.10. The minimum absolute atomic E-state index is 0. The highest BCUT2D eigenvalue weighted by Crippen LogP contribution is 2.40. The van der Waals surface area contributed by atoms with Gasteiger partial charge in [-0.2, -0.15) is 0 Å². The molecule has 0 saturated heterocycles. The number of aliphatic imine (C=N–C) groups is 1. The van der Waals surface area contributed by atoms with Gasteiger partial charge in [0.05, 0.1) is 24.6 Å². The van der Waals surface area contributed by atoms with E-state index in [1.807, 2.05) is 32.3 Å². The number of nitrogens with zero attached hydrogens (tertiary/aromatic N) is 2. The average Bonchev–Trinajstić information content (AvgIpc) is 3.16. The maximum atomic E-state index is 12.8. The van der Waals surface area contributed by atoms with Gasteiger partial charge < -0.3 is 20.3 Å². The molecule has 1 saturated carbocycles. The molecule has 156 valence electrons. The Morgan fingerprint density at radius 3 is 2.68 bits per heavy atom. The van der Waals surface area contributed by atoms with Crippen LogP contribution < -0.4 is 15.4 Å². The largest absolute Gasteiger partial charge is 0.493 e. The number of halogens is 1. The molecule has 1 atom stereocenters. The minimum Gasteiger partial charge on any atom is -0.493 e. The summed E-state index contributed by atoms with van der Waals surface area (Å²) in [4.78, 5) is 19.4. The molecule has 1 aromatic carbocycles. The first-order valence-corrected chi connectivity index (χ1v) is 10.0. The van der Waals surface area contributed by atoms with Crippen LogP contribution >= 0.6 is 24.0 Å². The van der Waals surface area contributed by atoms with E-state index in [2.05, 4.69) is 23.6 Å². The van der Waals surface area contributed by atoms with Gasteiger partial charge in [0.25, 0.3) is 0 Å². The Morgan fingerprint density at radius 2 is 2.00 bits per heavy atom. The van der Waals surface area contributed by atoms with Crippen LogP contribution in [0, 0.1) is 5.41 Å². The fourth-order valence-corrected chi connectivity index (χ4v) is 4.17. The number of benzene rings is 1. The number of ether oxygens (including phenoxy) is 1. The van der Waals surface area contributed by atoms with Crippen molar-refractivity contribution in [2.24, 2.45) is 10.4 Å². The monoisotopic (exact) mass is 500 g/mol. The molecule has 1 aromatic rings. The van der Waals surface area contributed by atoms with Crippen LogP contribution in [-0.4, -0.2) is 50.6 Å². The lowest BCUT2D eigenvalue weighted by Crippen LogP contribution is -2.44. The number of fused-ring (bicyclic) bond motifs is 1. The second-order valence-electron chi connectivity index (χ2n) is 7.75. The molecule has 1 fully saturated rings. The van der Waals surface area contributed by atoms with Crippen molar-refractivity contribution in [2.75, 3.05) is 33.8 Å². The van der Waals surface area contributed by atoms with Crippen molar-refractivity contribution in [3.63, 3.8) is 0 Å². The van der Waals surface area contributed by atoms with Gasteiger partial charge in [0.15, 0.2) is 5.96 Å². The second kappa shape index (κ2) is 10.3. The quantitative estimate of drug-likeness (QED) is 0.370. The molecule has 7 heteroatoms. The van der Waals surface area contributed by atoms with Crippen LogP contribution in [-0.2, 0) is 4.79 Å². The predicted molar refractivity (Wildman–Crippen MR) is 123 cm³/mol. The maximum absolute atomic E-state index is 12.8. The highest BCUT2D eigenvalue weighted by molar-refractivity contribution is 14.0. The van der Waals surface area contributed by atoms with Crippen LogP contribution in [0.2, 0.25) is 0 Å². The van der Waals surface area contributed by atoms with Gasteiger partial charge in [0.2, 0.25) is 5.91 Å². The van der Waals surface area contributed by atoms with Gasteiger partial charge in [-0.25, -0.2) is 0 Å². The zero-order chi connectivity index (χ0) is 19.3. The van der Waals surface area contributed by atoms with Crippen LogP contribution in [0.15, 0.2) is 29.3 Å². The van der Waals surface area contributed by atoms with Gasteiger partial charge in [-0.15, -0.1) is 24.0 Å². The lowest BCUT2D eigenvalue weighted by Gasteiger charge is -2.30. The number of hydrogen-bond acceptors (Lipinski definition) is 3. The fraction of sp³-hybridized carbons (Fsp3) is 0.619. The van der Waals surface area contributed by atoms with Gasteiger partial charge in [-0.1, -0.05) is 31.0 Å². The summed E-state index contributed by atoms with van der Waals surface area (Å²) in [5.74, 6) is 1.92. The number of nitrogens with one attached hydrogen (secondary N) is 2. The van der Waals surface area contributed by atoms with Crippen LogP contribution in [0.4, 0.5) is 0 Å². The van der Waals surface area contributed by atoms with E-state index in [-0.39, 0.29) is 41.3 Å². The summed E-state index contributed by atoms with van der Waals surface area (Å²) >= 11 is 0. The Labute approximate surface area is 185 Å². The Morgan fingerprint density at radius 1 is 1.29 bits per heavy atom. The van der Waals surface area contributed by atoms with Crippen molar-refractivity contribution < 1.29 is 9.53 Å². The molecule has 1 heterocycles. The molecule has 0 aromatic heterocycles. The number of para-hydroxylation sites is 1. The number of hydrogen-bond donors (Lipinski definition) is 2. The lowest BCUT2D eigenvalue weighted by atomic mass is 9.85. The summed E-state index contributed by atoms with van der Waals surface area (Å²) in [6.45, 7) is 4.07. The first-order valence-electron chi connectivity index (χ1n) is 10.0. The van der Waals surface area contributed by atoms with Crippen LogP contribution in [0.3, 0.4) is 0 Å². The van der Waals surface area contributed by atoms with E-state index in [4.69, 9.17) is 9.73 Å². The van der Waals surface area contributed by atoms with Gasteiger partial charge in [-0.05, 0) is 25.8 Å². The molecular formula is C21H33IN4O2. The first-order chi connectivity index (χ1) is 13.1. The summed E-state index contributed by atoms with van der Waals surface area (Å²) in [5, 5.41) is 6.90. The first kappa shape index (κ1) is 22.8. The van der Waals surface area contributed by atoms with Gasteiger partial charge >= 0.3 is 0 Å².